The van der Waals surface area contributed by atoms with E-state index < -0.39 is 10.0 Å². The highest BCUT2D eigenvalue weighted by molar-refractivity contribution is 7.89. The van der Waals surface area contributed by atoms with E-state index in [1.807, 2.05) is 31.2 Å². The molecule has 1 aromatic carbocycles. The average molecular weight is 450 g/mol. The second kappa shape index (κ2) is 9.82. The Morgan fingerprint density at radius 1 is 1.26 bits per heavy atom. The molecule has 0 radical (unpaired) electrons. The lowest BCUT2D eigenvalue weighted by atomic mass is 9.96. The number of aryl methyl sites for hydroxylation is 3. The molecular formula is C22H31N3O5S. The van der Waals surface area contributed by atoms with Crippen molar-refractivity contribution in [2.45, 2.75) is 57.4 Å². The van der Waals surface area contributed by atoms with Crippen molar-refractivity contribution in [1.82, 2.24) is 14.8 Å². The van der Waals surface area contributed by atoms with Crippen LogP contribution >= 0.6 is 0 Å². The van der Waals surface area contributed by atoms with Gasteiger partial charge >= 0.3 is 0 Å². The SMILES string of the molecule is COc1ccc(CCC(C)NC(=O)C2CCN(S(=O)(=O)c3c(C)noc3C)CC2)cc1. The highest BCUT2D eigenvalue weighted by Crippen LogP contribution is 2.27. The molecule has 1 saturated heterocycles. The van der Waals surface area contributed by atoms with Gasteiger partial charge in [0.15, 0.2) is 5.76 Å². The molecule has 1 aliphatic rings. The Labute approximate surface area is 184 Å². The van der Waals surface area contributed by atoms with E-state index in [1.54, 1.807) is 21.0 Å². The third kappa shape index (κ3) is 5.46. The van der Waals surface area contributed by atoms with Crippen LogP contribution in [0.4, 0.5) is 0 Å². The van der Waals surface area contributed by atoms with Gasteiger partial charge in [0.2, 0.25) is 15.9 Å². The van der Waals surface area contributed by atoms with E-state index in [2.05, 4.69) is 10.5 Å². The normalized spacial score (nSPS) is 16.8. The molecule has 8 nitrogen and oxygen atoms in total. The topological polar surface area (TPSA) is 102 Å². The zero-order valence-corrected chi connectivity index (χ0v) is 19.4. The maximum absolute atomic E-state index is 12.9. The van der Waals surface area contributed by atoms with Crippen LogP contribution in [-0.2, 0) is 21.2 Å². The van der Waals surface area contributed by atoms with Crippen molar-refractivity contribution in [3.05, 3.63) is 41.3 Å². The van der Waals surface area contributed by atoms with Crippen molar-refractivity contribution < 1.29 is 22.5 Å². The first kappa shape index (κ1) is 23.3. The molecule has 2 heterocycles. The molecule has 1 amide bonds. The van der Waals surface area contributed by atoms with Crippen LogP contribution < -0.4 is 10.1 Å². The van der Waals surface area contributed by atoms with Crippen LogP contribution in [0.1, 0.15) is 43.2 Å². The van der Waals surface area contributed by atoms with Gasteiger partial charge in [0.25, 0.3) is 0 Å². The molecule has 2 aromatic rings. The van der Waals surface area contributed by atoms with E-state index in [-0.39, 0.29) is 22.8 Å². The number of methoxy groups -OCH3 is 1. The van der Waals surface area contributed by atoms with Gasteiger partial charge in [0, 0.05) is 25.0 Å². The summed E-state index contributed by atoms with van der Waals surface area (Å²) >= 11 is 0. The highest BCUT2D eigenvalue weighted by atomic mass is 32.2. The Balaban J connectivity index is 1.48. The fourth-order valence-electron chi connectivity index (χ4n) is 3.94. The molecule has 31 heavy (non-hydrogen) atoms. The molecule has 1 atom stereocenters. The molecule has 0 bridgehead atoms. The number of piperidine rings is 1. The summed E-state index contributed by atoms with van der Waals surface area (Å²) in [5, 5.41) is 6.84. The van der Waals surface area contributed by atoms with Crippen molar-refractivity contribution in [1.29, 1.82) is 0 Å². The first-order chi connectivity index (χ1) is 14.7. The number of sulfonamides is 1. The molecular weight excluding hydrogens is 418 g/mol. The first-order valence-electron chi connectivity index (χ1n) is 10.6. The smallest absolute Gasteiger partial charge is 0.248 e. The molecule has 3 rings (SSSR count). The van der Waals surface area contributed by atoms with E-state index in [0.717, 1.165) is 18.6 Å². The molecule has 0 spiro atoms. The molecule has 1 N–H and O–H groups in total. The lowest BCUT2D eigenvalue weighted by Crippen LogP contribution is -2.45. The second-order valence-corrected chi connectivity index (χ2v) is 10.0. The van der Waals surface area contributed by atoms with Gasteiger partial charge in [-0.15, -0.1) is 0 Å². The van der Waals surface area contributed by atoms with Gasteiger partial charge < -0.3 is 14.6 Å². The molecule has 170 valence electrons. The fourth-order valence-corrected chi connectivity index (χ4v) is 5.70. The number of carbonyl (C=O) groups excluding carboxylic acids is 1. The van der Waals surface area contributed by atoms with E-state index >= 15 is 0 Å². The molecule has 1 aliphatic heterocycles. The van der Waals surface area contributed by atoms with Crippen molar-refractivity contribution >= 4 is 15.9 Å². The molecule has 1 aromatic heterocycles. The Bertz CT molecular complexity index is 973. The summed E-state index contributed by atoms with van der Waals surface area (Å²) in [6.45, 7) is 5.84. The van der Waals surface area contributed by atoms with Crippen LogP contribution in [0.3, 0.4) is 0 Å². The molecule has 1 unspecified atom stereocenters. The summed E-state index contributed by atoms with van der Waals surface area (Å²) in [6.07, 6.45) is 2.69. The van der Waals surface area contributed by atoms with Crippen LogP contribution in [0.5, 0.6) is 5.75 Å². The minimum absolute atomic E-state index is 0.00313. The summed E-state index contributed by atoms with van der Waals surface area (Å²) in [4.78, 5) is 12.8. The predicted molar refractivity (Wildman–Crippen MR) is 116 cm³/mol. The van der Waals surface area contributed by atoms with Crippen LogP contribution in [0.25, 0.3) is 0 Å². The van der Waals surface area contributed by atoms with Gasteiger partial charge in [-0.3, -0.25) is 4.79 Å². The number of benzene rings is 1. The highest BCUT2D eigenvalue weighted by Gasteiger charge is 2.35. The largest absolute Gasteiger partial charge is 0.497 e. The summed E-state index contributed by atoms with van der Waals surface area (Å²) in [5.74, 6) is 0.937. The Morgan fingerprint density at radius 3 is 2.45 bits per heavy atom. The van der Waals surface area contributed by atoms with Crippen LogP contribution in [0.15, 0.2) is 33.7 Å². The maximum atomic E-state index is 12.9. The number of hydrogen-bond donors (Lipinski definition) is 1. The molecule has 0 saturated carbocycles. The Morgan fingerprint density at radius 2 is 1.90 bits per heavy atom. The van der Waals surface area contributed by atoms with Crippen molar-refractivity contribution in [3.63, 3.8) is 0 Å². The number of ether oxygens (including phenoxy) is 1. The quantitative estimate of drug-likeness (QED) is 0.665. The molecule has 1 fully saturated rings. The number of nitrogens with zero attached hydrogens (tertiary/aromatic N) is 2. The summed E-state index contributed by atoms with van der Waals surface area (Å²) in [7, 11) is -2.02. The number of rotatable bonds is 8. The third-order valence-electron chi connectivity index (χ3n) is 5.80. The standard InChI is InChI=1S/C22H31N3O5S/c1-15(5-6-18-7-9-20(29-4)10-8-18)23-22(26)19-11-13-25(14-12-19)31(27,28)21-16(2)24-30-17(21)3/h7-10,15,19H,5-6,11-14H2,1-4H3,(H,23,26). The van der Waals surface area contributed by atoms with Crippen molar-refractivity contribution in [2.24, 2.45) is 5.92 Å². The number of carbonyl (C=O) groups is 1. The van der Waals surface area contributed by atoms with Crippen LogP contribution in [0, 0.1) is 19.8 Å². The lowest BCUT2D eigenvalue weighted by Gasteiger charge is -2.31. The number of hydrogen-bond acceptors (Lipinski definition) is 6. The minimum Gasteiger partial charge on any atom is -0.497 e. The van der Waals surface area contributed by atoms with Gasteiger partial charge in [-0.25, -0.2) is 8.42 Å². The second-order valence-electron chi connectivity index (χ2n) is 8.13. The summed E-state index contributed by atoms with van der Waals surface area (Å²) < 4.78 is 37.5. The van der Waals surface area contributed by atoms with Crippen LogP contribution in [0.2, 0.25) is 0 Å². The zero-order chi connectivity index (χ0) is 22.6. The third-order valence-corrected chi connectivity index (χ3v) is 7.95. The van der Waals surface area contributed by atoms with E-state index in [1.165, 1.54) is 9.87 Å². The van der Waals surface area contributed by atoms with Gasteiger partial charge in [-0.2, -0.15) is 4.31 Å². The average Bonchev–Trinajstić information content (AvgIpc) is 3.11. The molecule has 9 heteroatoms. The number of aromatic nitrogens is 1. The van der Waals surface area contributed by atoms with Gasteiger partial charge in [-0.05, 0) is 64.2 Å². The number of amides is 1. The maximum Gasteiger partial charge on any atom is 0.248 e. The van der Waals surface area contributed by atoms with E-state index in [9.17, 15) is 13.2 Å². The first-order valence-corrected chi connectivity index (χ1v) is 12.0. The Kier molecular flexibility index (Phi) is 7.38. The van der Waals surface area contributed by atoms with E-state index in [4.69, 9.17) is 9.26 Å². The van der Waals surface area contributed by atoms with Crippen molar-refractivity contribution in [2.75, 3.05) is 20.2 Å². The summed E-state index contributed by atoms with van der Waals surface area (Å²) in [5.41, 5.74) is 1.56. The van der Waals surface area contributed by atoms with Crippen molar-refractivity contribution in [3.8, 4) is 5.75 Å². The van der Waals surface area contributed by atoms with Crippen LogP contribution in [-0.4, -0.2) is 50.0 Å². The van der Waals surface area contributed by atoms with Gasteiger partial charge in [0.1, 0.15) is 16.3 Å². The minimum atomic E-state index is -3.66. The monoisotopic (exact) mass is 449 g/mol. The lowest BCUT2D eigenvalue weighted by molar-refractivity contribution is -0.126. The zero-order valence-electron chi connectivity index (χ0n) is 18.6. The molecule has 0 aliphatic carbocycles. The predicted octanol–water partition coefficient (Wildman–Crippen LogP) is 2.84. The Hall–Kier alpha value is -2.39. The summed E-state index contributed by atoms with van der Waals surface area (Å²) in [6, 6.07) is 7.97. The fraction of sp³-hybridized carbons (Fsp3) is 0.545. The van der Waals surface area contributed by atoms with Gasteiger partial charge in [-0.1, -0.05) is 17.3 Å². The number of nitrogens with one attached hydrogen (secondary N) is 1. The van der Waals surface area contributed by atoms with Gasteiger partial charge in [0.05, 0.1) is 7.11 Å². The van der Waals surface area contributed by atoms with E-state index in [0.29, 0.717) is 37.4 Å².